The molecule has 0 bridgehead atoms. The molecule has 0 atom stereocenters. The summed E-state index contributed by atoms with van der Waals surface area (Å²) in [5.74, 6) is 0.715. The number of rotatable bonds is 7. The van der Waals surface area contributed by atoms with Crippen LogP contribution in [-0.2, 0) is 6.54 Å². The molecule has 0 saturated heterocycles. The van der Waals surface area contributed by atoms with E-state index in [1.165, 1.54) is 0 Å². The third-order valence-electron chi connectivity index (χ3n) is 2.83. The molecule has 0 aliphatic heterocycles. The van der Waals surface area contributed by atoms with Crippen LogP contribution in [0.25, 0.3) is 0 Å². The molecule has 5 nitrogen and oxygen atoms in total. The van der Waals surface area contributed by atoms with Gasteiger partial charge in [-0.3, -0.25) is 4.98 Å². The Morgan fingerprint density at radius 1 is 1.05 bits per heavy atom. The minimum absolute atomic E-state index is 0.715. The molecule has 0 aliphatic rings. The van der Waals surface area contributed by atoms with E-state index in [4.69, 9.17) is 0 Å². The van der Waals surface area contributed by atoms with Crippen LogP contribution in [0.15, 0.2) is 30.5 Å². The Morgan fingerprint density at radius 2 is 1.85 bits per heavy atom. The molecule has 0 unspecified atom stereocenters. The zero-order chi connectivity index (χ0) is 14.2. The third-order valence-corrected chi connectivity index (χ3v) is 2.83. The van der Waals surface area contributed by atoms with Gasteiger partial charge in [0.25, 0.3) is 0 Å². The van der Waals surface area contributed by atoms with E-state index >= 15 is 0 Å². The lowest BCUT2D eigenvalue weighted by Gasteiger charge is -2.07. The van der Waals surface area contributed by atoms with Crippen LogP contribution in [0.5, 0.6) is 0 Å². The van der Waals surface area contributed by atoms with Crippen LogP contribution in [0, 0.1) is 13.8 Å². The fourth-order valence-corrected chi connectivity index (χ4v) is 1.94. The first-order valence-corrected chi connectivity index (χ1v) is 6.91. The number of anilines is 1. The van der Waals surface area contributed by atoms with Crippen LogP contribution >= 0.6 is 0 Å². The zero-order valence-electron chi connectivity index (χ0n) is 12.1. The highest BCUT2D eigenvalue weighted by Gasteiger charge is 1.98. The number of aryl methyl sites for hydroxylation is 2. The predicted molar refractivity (Wildman–Crippen MR) is 80.6 cm³/mol. The summed E-state index contributed by atoms with van der Waals surface area (Å²) in [5.41, 5.74) is 3.06. The van der Waals surface area contributed by atoms with Gasteiger partial charge in [0.2, 0.25) is 5.95 Å². The summed E-state index contributed by atoms with van der Waals surface area (Å²) < 4.78 is 0. The van der Waals surface area contributed by atoms with Crippen molar-refractivity contribution in [2.45, 2.75) is 26.8 Å². The summed E-state index contributed by atoms with van der Waals surface area (Å²) in [6.45, 7) is 6.57. The number of nitrogens with one attached hydrogen (secondary N) is 2. The van der Waals surface area contributed by atoms with E-state index in [0.717, 1.165) is 43.1 Å². The van der Waals surface area contributed by atoms with Gasteiger partial charge in [-0.05, 0) is 45.0 Å². The number of hydrogen-bond donors (Lipinski definition) is 2. The smallest absolute Gasteiger partial charge is 0.223 e. The number of aromatic nitrogens is 3. The molecule has 0 fully saturated rings. The molecule has 106 valence electrons. The summed E-state index contributed by atoms with van der Waals surface area (Å²) in [5, 5.41) is 6.61. The van der Waals surface area contributed by atoms with Crippen molar-refractivity contribution < 1.29 is 0 Å². The van der Waals surface area contributed by atoms with E-state index in [1.807, 2.05) is 44.3 Å². The molecular formula is C15H21N5. The van der Waals surface area contributed by atoms with Gasteiger partial charge in [-0.25, -0.2) is 9.97 Å². The van der Waals surface area contributed by atoms with Gasteiger partial charge in [0.1, 0.15) is 0 Å². The number of pyridine rings is 1. The highest BCUT2D eigenvalue weighted by molar-refractivity contribution is 5.27. The Bertz CT molecular complexity index is 507. The molecule has 0 radical (unpaired) electrons. The van der Waals surface area contributed by atoms with E-state index in [-0.39, 0.29) is 0 Å². The molecule has 0 spiro atoms. The summed E-state index contributed by atoms with van der Waals surface area (Å²) in [6.07, 6.45) is 2.83. The average Bonchev–Trinajstić information content (AvgIpc) is 2.43. The first kappa shape index (κ1) is 14.4. The summed E-state index contributed by atoms with van der Waals surface area (Å²) in [4.78, 5) is 13.0. The zero-order valence-corrected chi connectivity index (χ0v) is 12.1. The van der Waals surface area contributed by atoms with Crippen molar-refractivity contribution in [2.75, 3.05) is 18.4 Å². The fraction of sp³-hybridized carbons (Fsp3) is 0.400. The highest BCUT2D eigenvalue weighted by Crippen LogP contribution is 2.03. The second-order valence-electron chi connectivity index (χ2n) is 4.75. The van der Waals surface area contributed by atoms with E-state index in [9.17, 15) is 0 Å². The Hall–Kier alpha value is -2.01. The van der Waals surface area contributed by atoms with E-state index in [1.54, 1.807) is 0 Å². The van der Waals surface area contributed by atoms with Gasteiger partial charge >= 0.3 is 0 Å². The molecule has 2 heterocycles. The minimum atomic E-state index is 0.715. The fourth-order valence-electron chi connectivity index (χ4n) is 1.94. The van der Waals surface area contributed by atoms with Gasteiger partial charge in [0.15, 0.2) is 0 Å². The van der Waals surface area contributed by atoms with E-state index in [0.29, 0.717) is 5.95 Å². The first-order valence-electron chi connectivity index (χ1n) is 6.91. The lowest BCUT2D eigenvalue weighted by atomic mass is 10.3. The van der Waals surface area contributed by atoms with Crippen LogP contribution in [0.4, 0.5) is 5.95 Å². The molecule has 2 aromatic rings. The van der Waals surface area contributed by atoms with Crippen molar-refractivity contribution in [3.8, 4) is 0 Å². The lowest BCUT2D eigenvalue weighted by molar-refractivity contribution is 0.652. The van der Waals surface area contributed by atoms with Crippen LogP contribution in [0.2, 0.25) is 0 Å². The Morgan fingerprint density at radius 3 is 2.55 bits per heavy atom. The Balaban J connectivity index is 1.62. The van der Waals surface area contributed by atoms with Crippen molar-refractivity contribution in [1.29, 1.82) is 0 Å². The van der Waals surface area contributed by atoms with Crippen molar-refractivity contribution in [3.05, 3.63) is 47.5 Å². The van der Waals surface area contributed by atoms with Crippen LogP contribution in [0.1, 0.15) is 23.5 Å². The Kier molecular flexibility index (Phi) is 5.43. The second-order valence-corrected chi connectivity index (χ2v) is 4.75. The lowest BCUT2D eigenvalue weighted by Crippen LogP contribution is -2.18. The average molecular weight is 271 g/mol. The molecule has 2 N–H and O–H groups in total. The predicted octanol–water partition coefficient (Wildman–Crippen LogP) is 2.08. The molecule has 0 amide bonds. The van der Waals surface area contributed by atoms with E-state index in [2.05, 4.69) is 25.6 Å². The van der Waals surface area contributed by atoms with Crippen molar-refractivity contribution in [2.24, 2.45) is 0 Å². The van der Waals surface area contributed by atoms with Gasteiger partial charge in [-0.2, -0.15) is 0 Å². The van der Waals surface area contributed by atoms with E-state index < -0.39 is 0 Å². The molecule has 0 saturated carbocycles. The number of hydrogen-bond acceptors (Lipinski definition) is 5. The quantitative estimate of drug-likeness (QED) is 0.755. The number of nitrogens with zero attached hydrogens (tertiary/aromatic N) is 3. The summed E-state index contributed by atoms with van der Waals surface area (Å²) >= 11 is 0. The summed E-state index contributed by atoms with van der Waals surface area (Å²) in [7, 11) is 0. The maximum atomic E-state index is 4.35. The SMILES string of the molecule is Cc1cc(C)nc(NCCCNCc2ccccn2)n1. The second kappa shape index (κ2) is 7.55. The van der Waals surface area contributed by atoms with Gasteiger partial charge in [0, 0.05) is 30.7 Å². The van der Waals surface area contributed by atoms with Gasteiger partial charge in [-0.15, -0.1) is 0 Å². The van der Waals surface area contributed by atoms with Gasteiger partial charge in [-0.1, -0.05) is 6.07 Å². The molecule has 2 aromatic heterocycles. The third kappa shape index (κ3) is 4.93. The van der Waals surface area contributed by atoms with Crippen molar-refractivity contribution >= 4 is 5.95 Å². The molecule has 5 heteroatoms. The van der Waals surface area contributed by atoms with Crippen molar-refractivity contribution in [3.63, 3.8) is 0 Å². The van der Waals surface area contributed by atoms with Crippen molar-refractivity contribution in [1.82, 2.24) is 20.3 Å². The monoisotopic (exact) mass is 271 g/mol. The highest BCUT2D eigenvalue weighted by atomic mass is 15.1. The Labute approximate surface area is 119 Å². The molecular weight excluding hydrogens is 250 g/mol. The van der Waals surface area contributed by atoms with Crippen LogP contribution in [-0.4, -0.2) is 28.0 Å². The maximum absolute atomic E-state index is 4.35. The molecule has 2 rings (SSSR count). The maximum Gasteiger partial charge on any atom is 0.223 e. The topological polar surface area (TPSA) is 62.7 Å². The molecule has 0 aliphatic carbocycles. The van der Waals surface area contributed by atoms with Crippen LogP contribution in [0.3, 0.4) is 0 Å². The normalized spacial score (nSPS) is 10.5. The molecule has 0 aromatic carbocycles. The van der Waals surface area contributed by atoms with Gasteiger partial charge in [0.05, 0.1) is 5.69 Å². The standard InChI is InChI=1S/C15H21N5/c1-12-10-13(2)20-15(19-12)18-9-5-7-16-11-14-6-3-4-8-17-14/h3-4,6,8,10,16H,5,7,9,11H2,1-2H3,(H,18,19,20). The minimum Gasteiger partial charge on any atom is -0.354 e. The largest absolute Gasteiger partial charge is 0.354 e. The summed E-state index contributed by atoms with van der Waals surface area (Å²) in [6, 6.07) is 7.93. The first-order chi connectivity index (χ1) is 9.74. The molecule has 20 heavy (non-hydrogen) atoms. The van der Waals surface area contributed by atoms with Crippen LogP contribution < -0.4 is 10.6 Å². The van der Waals surface area contributed by atoms with Gasteiger partial charge < -0.3 is 10.6 Å².